The van der Waals surface area contributed by atoms with E-state index in [0.29, 0.717) is 21.9 Å². The molecule has 2 nitrogen and oxygen atoms in total. The van der Waals surface area contributed by atoms with E-state index in [9.17, 15) is 9.18 Å². The maximum absolute atomic E-state index is 13.2. The summed E-state index contributed by atoms with van der Waals surface area (Å²) in [5, 5.41) is 0.534. The summed E-state index contributed by atoms with van der Waals surface area (Å²) in [5.41, 5.74) is 1.01. The summed E-state index contributed by atoms with van der Waals surface area (Å²) >= 11 is 5.80. The van der Waals surface area contributed by atoms with Crippen LogP contribution in [0.1, 0.15) is 15.9 Å². The van der Waals surface area contributed by atoms with Crippen molar-refractivity contribution in [2.75, 3.05) is 6.61 Å². The fourth-order valence-corrected chi connectivity index (χ4v) is 1.87. The molecule has 0 aliphatic carbocycles. The Balaban J connectivity index is 2.05. The lowest BCUT2D eigenvalue weighted by Crippen LogP contribution is -2.12. The Hall–Kier alpha value is -1.87. The Morgan fingerprint density at radius 3 is 2.74 bits per heavy atom. The van der Waals surface area contributed by atoms with Crippen molar-refractivity contribution < 1.29 is 13.9 Å². The van der Waals surface area contributed by atoms with E-state index in [2.05, 4.69) is 0 Å². The zero-order valence-electron chi connectivity index (χ0n) is 10.3. The molecular formula is C15H12ClFO2. The van der Waals surface area contributed by atoms with Crippen LogP contribution in [0.3, 0.4) is 0 Å². The number of carbonyl (C=O) groups excluding carboxylic acids is 1. The van der Waals surface area contributed by atoms with E-state index in [1.54, 1.807) is 37.3 Å². The molecule has 2 aromatic carbocycles. The zero-order valence-corrected chi connectivity index (χ0v) is 11.1. The molecule has 19 heavy (non-hydrogen) atoms. The highest BCUT2D eigenvalue weighted by atomic mass is 35.5. The molecule has 4 heteroatoms. The van der Waals surface area contributed by atoms with Crippen LogP contribution in [0.4, 0.5) is 4.39 Å². The molecule has 0 aliphatic heterocycles. The second-order valence-electron chi connectivity index (χ2n) is 4.19. The van der Waals surface area contributed by atoms with E-state index in [-0.39, 0.29) is 12.4 Å². The molecule has 0 heterocycles. The minimum absolute atomic E-state index is 0.150. The van der Waals surface area contributed by atoms with E-state index < -0.39 is 5.82 Å². The number of benzene rings is 2. The van der Waals surface area contributed by atoms with E-state index in [1.807, 2.05) is 0 Å². The van der Waals surface area contributed by atoms with Gasteiger partial charge in [-0.2, -0.15) is 0 Å². The Kier molecular flexibility index (Phi) is 4.17. The Morgan fingerprint density at radius 1 is 1.26 bits per heavy atom. The number of rotatable bonds is 4. The third-order valence-electron chi connectivity index (χ3n) is 2.53. The molecule has 0 saturated carbocycles. The van der Waals surface area contributed by atoms with Gasteiger partial charge in [-0.3, -0.25) is 4.79 Å². The van der Waals surface area contributed by atoms with Crippen molar-refractivity contribution in [2.45, 2.75) is 6.92 Å². The van der Waals surface area contributed by atoms with Gasteiger partial charge in [0.25, 0.3) is 0 Å². The number of Topliss-reactive ketones (excluding diaryl/α,β-unsaturated/α-hetero) is 1. The van der Waals surface area contributed by atoms with E-state index in [4.69, 9.17) is 16.3 Å². The molecule has 0 unspecified atom stereocenters. The van der Waals surface area contributed by atoms with Gasteiger partial charge in [0.05, 0.1) is 0 Å². The predicted molar refractivity (Wildman–Crippen MR) is 72.4 cm³/mol. The van der Waals surface area contributed by atoms with Crippen LogP contribution in [-0.4, -0.2) is 12.4 Å². The third-order valence-corrected chi connectivity index (χ3v) is 2.77. The lowest BCUT2D eigenvalue weighted by Gasteiger charge is -2.06. The number of aryl methyl sites for hydroxylation is 1. The Morgan fingerprint density at radius 2 is 2.05 bits per heavy atom. The molecule has 0 atom stereocenters. The SMILES string of the molecule is Cc1cc(F)cc(C(=O)COc2cccc(Cl)c2)c1. The molecule has 2 rings (SSSR count). The van der Waals surface area contributed by atoms with Crippen LogP contribution in [0.5, 0.6) is 5.75 Å². The first-order chi connectivity index (χ1) is 9.04. The highest BCUT2D eigenvalue weighted by Gasteiger charge is 2.09. The first-order valence-corrected chi connectivity index (χ1v) is 6.11. The third kappa shape index (κ3) is 3.80. The first-order valence-electron chi connectivity index (χ1n) is 5.73. The van der Waals surface area contributed by atoms with Crippen LogP contribution in [0.25, 0.3) is 0 Å². The lowest BCUT2D eigenvalue weighted by atomic mass is 10.1. The largest absolute Gasteiger partial charge is 0.485 e. The van der Waals surface area contributed by atoms with E-state index >= 15 is 0 Å². The van der Waals surface area contributed by atoms with Crippen molar-refractivity contribution in [3.8, 4) is 5.75 Å². The van der Waals surface area contributed by atoms with Gasteiger partial charge in [0.15, 0.2) is 12.4 Å². The summed E-state index contributed by atoms with van der Waals surface area (Å²) < 4.78 is 18.5. The molecule has 0 aliphatic rings. The highest BCUT2D eigenvalue weighted by molar-refractivity contribution is 6.30. The van der Waals surface area contributed by atoms with Crippen LogP contribution in [0.2, 0.25) is 5.02 Å². The predicted octanol–water partition coefficient (Wildman–Crippen LogP) is 4.05. The van der Waals surface area contributed by atoms with Gasteiger partial charge in [0.1, 0.15) is 11.6 Å². The molecular weight excluding hydrogens is 267 g/mol. The number of halogens is 2. The van der Waals surface area contributed by atoms with Crippen LogP contribution in [-0.2, 0) is 0 Å². The smallest absolute Gasteiger partial charge is 0.200 e. The first kappa shape index (κ1) is 13.6. The summed E-state index contributed by atoms with van der Waals surface area (Å²) in [6, 6.07) is 11.0. The maximum Gasteiger partial charge on any atom is 0.200 e. The minimum Gasteiger partial charge on any atom is -0.485 e. The number of hydrogen-bond donors (Lipinski definition) is 0. The minimum atomic E-state index is -0.425. The monoisotopic (exact) mass is 278 g/mol. The van der Waals surface area contributed by atoms with Crippen LogP contribution >= 0.6 is 11.6 Å². The molecule has 0 radical (unpaired) electrons. The van der Waals surface area contributed by atoms with Crippen molar-refractivity contribution in [2.24, 2.45) is 0 Å². The van der Waals surface area contributed by atoms with Crippen molar-refractivity contribution >= 4 is 17.4 Å². The standard InChI is InChI=1S/C15H12ClFO2/c1-10-5-11(7-13(17)6-10)15(18)9-19-14-4-2-3-12(16)8-14/h2-8H,9H2,1H3. The van der Waals surface area contributed by atoms with Gasteiger partial charge in [-0.25, -0.2) is 4.39 Å². The molecule has 0 saturated heterocycles. The second kappa shape index (κ2) is 5.85. The Bertz CT molecular complexity index is 591. The molecule has 2 aromatic rings. The molecule has 98 valence electrons. The van der Waals surface area contributed by atoms with Gasteiger partial charge < -0.3 is 4.74 Å². The van der Waals surface area contributed by atoms with Crippen molar-refractivity contribution in [3.05, 3.63) is 64.4 Å². The maximum atomic E-state index is 13.2. The fraction of sp³-hybridized carbons (Fsp3) is 0.133. The quantitative estimate of drug-likeness (QED) is 0.789. The lowest BCUT2D eigenvalue weighted by molar-refractivity contribution is 0.0921. The van der Waals surface area contributed by atoms with Gasteiger partial charge in [0, 0.05) is 10.6 Å². The Labute approximate surface area is 115 Å². The van der Waals surface area contributed by atoms with Gasteiger partial charge >= 0.3 is 0 Å². The summed E-state index contributed by atoms with van der Waals surface area (Å²) in [5.74, 6) is -0.192. The van der Waals surface area contributed by atoms with E-state index in [1.165, 1.54) is 12.1 Å². The molecule has 0 N–H and O–H groups in total. The molecule has 0 amide bonds. The molecule has 0 bridgehead atoms. The zero-order chi connectivity index (χ0) is 13.8. The average Bonchev–Trinajstić information content (AvgIpc) is 2.35. The van der Waals surface area contributed by atoms with Crippen LogP contribution in [0.15, 0.2) is 42.5 Å². The molecule has 0 aromatic heterocycles. The normalized spacial score (nSPS) is 10.3. The van der Waals surface area contributed by atoms with Crippen LogP contribution in [0, 0.1) is 12.7 Å². The van der Waals surface area contributed by atoms with Gasteiger partial charge in [-0.1, -0.05) is 17.7 Å². The topological polar surface area (TPSA) is 26.3 Å². The highest BCUT2D eigenvalue weighted by Crippen LogP contribution is 2.17. The number of hydrogen-bond acceptors (Lipinski definition) is 2. The molecule has 0 spiro atoms. The fourth-order valence-electron chi connectivity index (χ4n) is 1.69. The second-order valence-corrected chi connectivity index (χ2v) is 4.62. The van der Waals surface area contributed by atoms with Gasteiger partial charge in [-0.15, -0.1) is 0 Å². The average molecular weight is 279 g/mol. The number of ether oxygens (including phenoxy) is 1. The summed E-state index contributed by atoms with van der Waals surface area (Å²) in [7, 11) is 0. The van der Waals surface area contributed by atoms with E-state index in [0.717, 1.165) is 0 Å². The van der Waals surface area contributed by atoms with Gasteiger partial charge in [0.2, 0.25) is 0 Å². The van der Waals surface area contributed by atoms with Crippen molar-refractivity contribution in [1.29, 1.82) is 0 Å². The van der Waals surface area contributed by atoms with Gasteiger partial charge in [-0.05, 0) is 48.9 Å². The number of ketones is 1. The number of carbonyl (C=O) groups is 1. The summed E-state index contributed by atoms with van der Waals surface area (Å²) in [6.45, 7) is 1.58. The van der Waals surface area contributed by atoms with Crippen molar-refractivity contribution in [3.63, 3.8) is 0 Å². The summed E-state index contributed by atoms with van der Waals surface area (Å²) in [6.07, 6.45) is 0. The van der Waals surface area contributed by atoms with Crippen molar-refractivity contribution in [1.82, 2.24) is 0 Å². The summed E-state index contributed by atoms with van der Waals surface area (Å²) in [4.78, 5) is 11.9. The van der Waals surface area contributed by atoms with Crippen LogP contribution < -0.4 is 4.74 Å². The molecule has 0 fully saturated rings.